The van der Waals surface area contributed by atoms with Crippen LogP contribution in [0.25, 0.3) is 0 Å². The zero-order valence-corrected chi connectivity index (χ0v) is 9.98. The van der Waals surface area contributed by atoms with E-state index in [0.29, 0.717) is 5.92 Å². The van der Waals surface area contributed by atoms with Crippen LogP contribution in [0.2, 0.25) is 0 Å². The molecule has 1 N–H and O–H groups in total. The fourth-order valence-corrected chi connectivity index (χ4v) is 2.62. The summed E-state index contributed by atoms with van der Waals surface area (Å²) in [6.07, 6.45) is 4.48. The summed E-state index contributed by atoms with van der Waals surface area (Å²) in [5, 5.41) is 4.62. The summed E-state index contributed by atoms with van der Waals surface area (Å²) in [4.78, 5) is 5.56. The molecule has 1 aliphatic rings. The summed E-state index contributed by atoms with van der Waals surface area (Å²) in [6, 6.07) is 0. The molecule has 0 bridgehead atoms. The van der Waals surface area contributed by atoms with Crippen LogP contribution >= 0.6 is 11.3 Å². The van der Waals surface area contributed by atoms with Crippen molar-refractivity contribution in [2.45, 2.75) is 26.3 Å². The monoisotopic (exact) mass is 226 g/mol. The Hall–Kier alpha value is -0.450. The molecule has 0 radical (unpaired) electrons. The lowest BCUT2D eigenvalue weighted by Gasteiger charge is -2.22. The lowest BCUT2D eigenvalue weighted by molar-refractivity contribution is 0.0548. The fraction of sp³-hybridized carbons (Fsp3) is 0.727. The predicted molar refractivity (Wildman–Crippen MR) is 62.1 cm³/mol. The number of rotatable bonds is 4. The average molecular weight is 226 g/mol. The zero-order valence-electron chi connectivity index (χ0n) is 9.16. The molecule has 0 saturated carbocycles. The Morgan fingerprint density at radius 3 is 3.27 bits per heavy atom. The van der Waals surface area contributed by atoms with Crippen molar-refractivity contribution >= 4 is 11.3 Å². The lowest BCUT2D eigenvalue weighted by atomic mass is 10.0. The number of ether oxygens (including phenoxy) is 1. The second kappa shape index (κ2) is 5.58. The van der Waals surface area contributed by atoms with Gasteiger partial charge in [-0.1, -0.05) is 0 Å². The molecule has 1 unspecified atom stereocenters. The summed E-state index contributed by atoms with van der Waals surface area (Å²) in [6.45, 7) is 5.93. The average Bonchev–Trinajstić information content (AvgIpc) is 2.66. The standard InChI is InChI=1S/C11H18N2OS/c1-9-13-7-11(15-9)6-12-5-10-3-2-4-14-8-10/h7,10,12H,2-6,8H2,1H3. The Kier molecular flexibility index (Phi) is 4.11. The maximum atomic E-state index is 5.44. The van der Waals surface area contributed by atoms with Crippen LogP contribution in [-0.2, 0) is 11.3 Å². The van der Waals surface area contributed by atoms with Gasteiger partial charge in [-0.25, -0.2) is 4.98 Å². The maximum Gasteiger partial charge on any atom is 0.0897 e. The molecule has 0 spiro atoms. The third kappa shape index (κ3) is 3.55. The lowest BCUT2D eigenvalue weighted by Crippen LogP contribution is -2.28. The quantitative estimate of drug-likeness (QED) is 0.852. The summed E-state index contributed by atoms with van der Waals surface area (Å²) in [7, 11) is 0. The predicted octanol–water partition coefficient (Wildman–Crippen LogP) is 1.97. The molecule has 3 nitrogen and oxygen atoms in total. The molecule has 1 aliphatic heterocycles. The molecular weight excluding hydrogens is 208 g/mol. The van der Waals surface area contributed by atoms with Crippen molar-refractivity contribution in [2.24, 2.45) is 5.92 Å². The summed E-state index contributed by atoms with van der Waals surface area (Å²) in [5.41, 5.74) is 0. The molecule has 0 aromatic carbocycles. The molecule has 1 atom stereocenters. The van der Waals surface area contributed by atoms with Gasteiger partial charge in [-0.2, -0.15) is 0 Å². The zero-order chi connectivity index (χ0) is 10.5. The van der Waals surface area contributed by atoms with Gasteiger partial charge in [0, 0.05) is 30.8 Å². The van der Waals surface area contributed by atoms with Crippen molar-refractivity contribution in [1.82, 2.24) is 10.3 Å². The molecule has 4 heteroatoms. The Bertz CT molecular complexity index is 295. The number of nitrogens with zero attached hydrogens (tertiary/aromatic N) is 1. The molecule has 1 aromatic rings. The molecule has 0 aliphatic carbocycles. The van der Waals surface area contributed by atoms with Gasteiger partial charge in [0.15, 0.2) is 0 Å². The summed E-state index contributed by atoms with van der Waals surface area (Å²) in [5.74, 6) is 0.702. The van der Waals surface area contributed by atoms with Crippen LogP contribution in [0.4, 0.5) is 0 Å². The summed E-state index contributed by atoms with van der Waals surface area (Å²) >= 11 is 1.77. The number of thiazole rings is 1. The number of aryl methyl sites for hydroxylation is 1. The van der Waals surface area contributed by atoms with E-state index < -0.39 is 0 Å². The molecule has 84 valence electrons. The van der Waals surface area contributed by atoms with E-state index in [9.17, 15) is 0 Å². The summed E-state index contributed by atoms with van der Waals surface area (Å²) < 4.78 is 5.44. The van der Waals surface area contributed by atoms with Crippen molar-refractivity contribution in [3.05, 3.63) is 16.1 Å². The van der Waals surface area contributed by atoms with Crippen LogP contribution in [-0.4, -0.2) is 24.7 Å². The van der Waals surface area contributed by atoms with Crippen LogP contribution < -0.4 is 5.32 Å². The van der Waals surface area contributed by atoms with Gasteiger partial charge in [0.05, 0.1) is 11.6 Å². The molecule has 2 heterocycles. The first kappa shape index (κ1) is 11.0. The van der Waals surface area contributed by atoms with E-state index in [1.54, 1.807) is 11.3 Å². The minimum atomic E-state index is 0.702. The third-order valence-electron chi connectivity index (χ3n) is 2.66. The van der Waals surface area contributed by atoms with Gasteiger partial charge in [-0.05, 0) is 25.7 Å². The van der Waals surface area contributed by atoms with Crippen LogP contribution in [0.5, 0.6) is 0 Å². The topological polar surface area (TPSA) is 34.2 Å². The SMILES string of the molecule is Cc1ncc(CNCC2CCCOC2)s1. The largest absolute Gasteiger partial charge is 0.381 e. The Morgan fingerprint density at radius 2 is 2.60 bits per heavy atom. The number of hydrogen-bond acceptors (Lipinski definition) is 4. The highest BCUT2D eigenvalue weighted by molar-refractivity contribution is 7.11. The second-order valence-electron chi connectivity index (χ2n) is 4.06. The molecule has 15 heavy (non-hydrogen) atoms. The fourth-order valence-electron chi connectivity index (χ4n) is 1.85. The van der Waals surface area contributed by atoms with Crippen molar-refractivity contribution in [3.8, 4) is 0 Å². The molecule has 0 amide bonds. The van der Waals surface area contributed by atoms with Gasteiger partial charge < -0.3 is 10.1 Å². The minimum absolute atomic E-state index is 0.702. The van der Waals surface area contributed by atoms with Crippen LogP contribution in [0.3, 0.4) is 0 Å². The minimum Gasteiger partial charge on any atom is -0.381 e. The van der Waals surface area contributed by atoms with Gasteiger partial charge >= 0.3 is 0 Å². The van der Waals surface area contributed by atoms with Gasteiger partial charge in [0.1, 0.15) is 0 Å². The van der Waals surface area contributed by atoms with E-state index in [-0.39, 0.29) is 0 Å². The molecular formula is C11H18N2OS. The van der Waals surface area contributed by atoms with Gasteiger partial charge in [-0.15, -0.1) is 11.3 Å². The van der Waals surface area contributed by atoms with Crippen LogP contribution in [0.1, 0.15) is 22.7 Å². The smallest absolute Gasteiger partial charge is 0.0897 e. The van der Waals surface area contributed by atoms with E-state index in [2.05, 4.69) is 10.3 Å². The van der Waals surface area contributed by atoms with Gasteiger partial charge in [0.2, 0.25) is 0 Å². The van der Waals surface area contributed by atoms with Gasteiger partial charge in [-0.3, -0.25) is 0 Å². The van der Waals surface area contributed by atoms with E-state index in [1.165, 1.54) is 17.7 Å². The maximum absolute atomic E-state index is 5.44. The Balaban J connectivity index is 1.65. The van der Waals surface area contributed by atoms with Crippen molar-refractivity contribution in [3.63, 3.8) is 0 Å². The molecule has 2 rings (SSSR count). The van der Waals surface area contributed by atoms with E-state index in [1.807, 2.05) is 13.1 Å². The Labute approximate surface area is 94.9 Å². The van der Waals surface area contributed by atoms with Crippen molar-refractivity contribution in [1.29, 1.82) is 0 Å². The van der Waals surface area contributed by atoms with Crippen LogP contribution in [0, 0.1) is 12.8 Å². The molecule has 1 saturated heterocycles. The Morgan fingerprint density at radius 1 is 1.67 bits per heavy atom. The highest BCUT2D eigenvalue weighted by Crippen LogP contribution is 2.14. The molecule has 1 fully saturated rings. The van der Waals surface area contributed by atoms with Gasteiger partial charge in [0.25, 0.3) is 0 Å². The van der Waals surface area contributed by atoms with Crippen molar-refractivity contribution < 1.29 is 4.74 Å². The third-order valence-corrected chi connectivity index (χ3v) is 3.57. The van der Waals surface area contributed by atoms with E-state index >= 15 is 0 Å². The number of aromatic nitrogens is 1. The van der Waals surface area contributed by atoms with Crippen LogP contribution in [0.15, 0.2) is 6.20 Å². The first-order valence-corrected chi connectivity index (χ1v) is 6.36. The first-order valence-electron chi connectivity index (χ1n) is 5.54. The van der Waals surface area contributed by atoms with Crippen molar-refractivity contribution in [2.75, 3.05) is 19.8 Å². The highest BCUT2D eigenvalue weighted by Gasteiger charge is 2.13. The first-order chi connectivity index (χ1) is 7.34. The highest BCUT2D eigenvalue weighted by atomic mass is 32.1. The number of hydrogen-bond donors (Lipinski definition) is 1. The molecule has 1 aromatic heterocycles. The normalized spacial score (nSPS) is 21.8. The van der Waals surface area contributed by atoms with E-state index in [4.69, 9.17) is 4.74 Å². The van der Waals surface area contributed by atoms with E-state index in [0.717, 1.165) is 31.3 Å². The number of nitrogens with one attached hydrogen (secondary N) is 1. The second-order valence-corrected chi connectivity index (χ2v) is 5.38.